The number of imidazole rings is 1. The molecule has 5 aromatic rings. The number of hydrogen-bond acceptors (Lipinski definition) is 4. The van der Waals surface area contributed by atoms with Crippen molar-refractivity contribution in [3.05, 3.63) is 89.3 Å². The standard InChI is InChI=1S/C24H20N4O/c1-15-7-10-17(11-8-15)23-14-21(18-13-16(2)9-12-22(18)29-23)27-28-24-25-19-5-3-4-6-20(19)26-24/h3-14H,1-2H3,(H2,25,26,28)/b27-21+. The van der Waals surface area contributed by atoms with Crippen LogP contribution < -0.4 is 10.8 Å². The van der Waals surface area contributed by atoms with Crippen LogP contribution in [0.3, 0.4) is 0 Å². The molecule has 0 bridgehead atoms. The van der Waals surface area contributed by atoms with Crippen LogP contribution in [0.25, 0.3) is 33.3 Å². The van der Waals surface area contributed by atoms with Gasteiger partial charge in [0, 0.05) is 17.0 Å². The molecular formula is C24H20N4O. The maximum absolute atomic E-state index is 6.17. The summed E-state index contributed by atoms with van der Waals surface area (Å²) in [5.74, 6) is 1.37. The molecule has 5 rings (SSSR count). The number of benzene rings is 3. The van der Waals surface area contributed by atoms with Crippen molar-refractivity contribution in [1.29, 1.82) is 0 Å². The minimum absolute atomic E-state index is 0.602. The summed E-state index contributed by atoms with van der Waals surface area (Å²) in [5, 5.41) is 6.39. The number of nitrogens with zero attached hydrogens (tertiary/aromatic N) is 2. The van der Waals surface area contributed by atoms with Crippen molar-refractivity contribution in [2.24, 2.45) is 5.10 Å². The first kappa shape index (κ1) is 17.3. The molecule has 0 saturated heterocycles. The monoisotopic (exact) mass is 380 g/mol. The fourth-order valence-corrected chi connectivity index (χ4v) is 3.35. The fourth-order valence-electron chi connectivity index (χ4n) is 3.35. The summed E-state index contributed by atoms with van der Waals surface area (Å²) in [6.07, 6.45) is 0. The number of anilines is 1. The highest BCUT2D eigenvalue weighted by Gasteiger charge is 2.07. The second-order valence-corrected chi connectivity index (χ2v) is 7.19. The Morgan fingerprint density at radius 1 is 0.897 bits per heavy atom. The first-order valence-electron chi connectivity index (χ1n) is 9.52. The van der Waals surface area contributed by atoms with Crippen molar-refractivity contribution < 1.29 is 4.42 Å². The van der Waals surface area contributed by atoms with E-state index in [1.165, 1.54) is 5.56 Å². The van der Waals surface area contributed by atoms with Crippen molar-refractivity contribution in [2.45, 2.75) is 13.8 Å². The molecule has 142 valence electrons. The number of rotatable bonds is 3. The molecule has 2 aromatic heterocycles. The van der Waals surface area contributed by atoms with Gasteiger partial charge in [0.05, 0.1) is 16.4 Å². The average molecular weight is 380 g/mol. The van der Waals surface area contributed by atoms with Gasteiger partial charge in [0.1, 0.15) is 11.3 Å². The van der Waals surface area contributed by atoms with Crippen LogP contribution in [-0.2, 0) is 0 Å². The summed E-state index contributed by atoms with van der Waals surface area (Å²) >= 11 is 0. The van der Waals surface area contributed by atoms with Crippen LogP contribution in [0.5, 0.6) is 0 Å². The van der Waals surface area contributed by atoms with Gasteiger partial charge in [-0.05, 0) is 38.1 Å². The lowest BCUT2D eigenvalue weighted by Gasteiger charge is -2.06. The van der Waals surface area contributed by atoms with Crippen molar-refractivity contribution >= 4 is 28.0 Å². The quantitative estimate of drug-likeness (QED) is 0.405. The highest BCUT2D eigenvalue weighted by molar-refractivity contribution is 5.79. The van der Waals surface area contributed by atoms with Crippen LogP contribution in [0.1, 0.15) is 11.1 Å². The number of H-pyrrole nitrogens is 1. The minimum Gasteiger partial charge on any atom is -0.456 e. The molecule has 5 heteroatoms. The molecule has 0 atom stereocenters. The molecule has 0 aliphatic rings. The molecule has 0 aliphatic heterocycles. The third-order valence-electron chi connectivity index (χ3n) is 4.91. The number of aromatic nitrogens is 2. The zero-order valence-electron chi connectivity index (χ0n) is 16.2. The molecule has 2 N–H and O–H groups in total. The molecule has 2 heterocycles. The largest absolute Gasteiger partial charge is 0.456 e. The Kier molecular flexibility index (Phi) is 4.13. The number of fused-ring (bicyclic) bond motifs is 2. The van der Waals surface area contributed by atoms with Crippen LogP contribution in [0.4, 0.5) is 5.95 Å². The second kappa shape index (κ2) is 6.95. The third-order valence-corrected chi connectivity index (χ3v) is 4.91. The van der Waals surface area contributed by atoms with Gasteiger partial charge in [-0.2, -0.15) is 5.10 Å². The summed E-state index contributed by atoms with van der Waals surface area (Å²) < 4.78 is 6.17. The van der Waals surface area contributed by atoms with Gasteiger partial charge in [-0.1, -0.05) is 53.6 Å². The smallest absolute Gasteiger partial charge is 0.222 e. The maximum atomic E-state index is 6.17. The van der Waals surface area contributed by atoms with E-state index in [1.807, 2.05) is 42.5 Å². The van der Waals surface area contributed by atoms with Crippen LogP contribution in [0, 0.1) is 13.8 Å². The Labute approximate surface area is 167 Å². The van der Waals surface area contributed by atoms with Crippen LogP contribution in [0.2, 0.25) is 0 Å². The van der Waals surface area contributed by atoms with Gasteiger partial charge in [-0.25, -0.2) is 10.4 Å². The molecule has 5 nitrogen and oxygen atoms in total. The normalized spacial score (nSPS) is 12.0. The predicted molar refractivity (Wildman–Crippen MR) is 116 cm³/mol. The maximum Gasteiger partial charge on any atom is 0.222 e. The van der Waals surface area contributed by atoms with E-state index in [-0.39, 0.29) is 0 Å². The van der Waals surface area contributed by atoms with Gasteiger partial charge in [0.2, 0.25) is 5.95 Å². The lowest BCUT2D eigenvalue weighted by Crippen LogP contribution is -2.08. The van der Waals surface area contributed by atoms with E-state index in [9.17, 15) is 0 Å². The number of hydrogen-bond donors (Lipinski definition) is 2. The van der Waals surface area contributed by atoms with Gasteiger partial charge in [0.25, 0.3) is 0 Å². The van der Waals surface area contributed by atoms with Crippen molar-refractivity contribution in [2.75, 3.05) is 5.43 Å². The van der Waals surface area contributed by atoms with Gasteiger partial charge in [-0.15, -0.1) is 0 Å². The van der Waals surface area contributed by atoms with E-state index in [1.54, 1.807) is 0 Å². The first-order valence-corrected chi connectivity index (χ1v) is 9.52. The van der Waals surface area contributed by atoms with Crippen molar-refractivity contribution in [3.8, 4) is 11.3 Å². The Morgan fingerprint density at radius 2 is 1.69 bits per heavy atom. The van der Waals surface area contributed by atoms with E-state index in [2.05, 4.69) is 64.7 Å². The topological polar surface area (TPSA) is 66.2 Å². The summed E-state index contributed by atoms with van der Waals surface area (Å²) in [4.78, 5) is 7.77. The zero-order chi connectivity index (χ0) is 19.8. The second-order valence-electron chi connectivity index (χ2n) is 7.19. The Bertz CT molecular complexity index is 1360. The molecule has 29 heavy (non-hydrogen) atoms. The van der Waals surface area contributed by atoms with E-state index < -0.39 is 0 Å². The van der Waals surface area contributed by atoms with E-state index in [0.717, 1.165) is 44.2 Å². The van der Waals surface area contributed by atoms with E-state index in [4.69, 9.17) is 4.42 Å². The fraction of sp³-hybridized carbons (Fsp3) is 0.0833. The number of aromatic amines is 1. The zero-order valence-corrected chi connectivity index (χ0v) is 16.2. The Morgan fingerprint density at radius 3 is 2.52 bits per heavy atom. The van der Waals surface area contributed by atoms with Gasteiger partial charge >= 0.3 is 0 Å². The lowest BCUT2D eigenvalue weighted by molar-refractivity contribution is 0.618. The molecule has 3 aromatic carbocycles. The molecule has 0 amide bonds. The van der Waals surface area contributed by atoms with E-state index in [0.29, 0.717) is 5.95 Å². The third kappa shape index (κ3) is 3.38. The first-order chi connectivity index (χ1) is 14.2. The molecular weight excluding hydrogens is 360 g/mol. The Balaban J connectivity index is 1.64. The summed E-state index contributed by atoms with van der Waals surface area (Å²) in [6.45, 7) is 4.13. The Hall–Kier alpha value is -3.86. The number of nitrogens with one attached hydrogen (secondary N) is 2. The summed E-state index contributed by atoms with van der Waals surface area (Å²) in [5.41, 5.74) is 9.09. The summed E-state index contributed by atoms with van der Waals surface area (Å²) in [6, 6.07) is 24.2. The van der Waals surface area contributed by atoms with Gasteiger partial charge in [0.15, 0.2) is 0 Å². The van der Waals surface area contributed by atoms with Gasteiger partial charge < -0.3 is 9.40 Å². The molecule has 0 radical (unpaired) electrons. The molecule has 0 unspecified atom stereocenters. The predicted octanol–water partition coefficient (Wildman–Crippen LogP) is 5.52. The molecule has 0 aliphatic carbocycles. The summed E-state index contributed by atoms with van der Waals surface area (Å²) in [7, 11) is 0. The minimum atomic E-state index is 0.602. The van der Waals surface area contributed by atoms with E-state index >= 15 is 0 Å². The molecule has 0 saturated carbocycles. The lowest BCUT2D eigenvalue weighted by atomic mass is 10.1. The highest BCUT2D eigenvalue weighted by atomic mass is 16.3. The van der Waals surface area contributed by atoms with Crippen LogP contribution in [0.15, 0.2) is 82.3 Å². The molecule has 0 spiro atoms. The molecule has 0 fully saturated rings. The SMILES string of the molecule is Cc1ccc(-c2c/c(=N\Nc3nc4ccccc4[nH]3)c3cc(C)ccc3o2)cc1. The average Bonchev–Trinajstić information content (AvgIpc) is 3.15. The van der Waals surface area contributed by atoms with Crippen molar-refractivity contribution in [3.63, 3.8) is 0 Å². The number of aryl methyl sites for hydroxylation is 2. The van der Waals surface area contributed by atoms with Crippen LogP contribution >= 0.6 is 0 Å². The van der Waals surface area contributed by atoms with Crippen LogP contribution in [-0.4, -0.2) is 9.97 Å². The van der Waals surface area contributed by atoms with Gasteiger partial charge in [-0.3, -0.25) is 0 Å². The van der Waals surface area contributed by atoms with Crippen molar-refractivity contribution in [1.82, 2.24) is 9.97 Å². The number of para-hydroxylation sites is 2. The highest BCUT2D eigenvalue weighted by Crippen LogP contribution is 2.23.